The molecule has 0 saturated heterocycles. The fourth-order valence-corrected chi connectivity index (χ4v) is 3.20. The molecule has 4 nitrogen and oxygen atoms in total. The second kappa shape index (κ2) is 7.46. The van der Waals surface area contributed by atoms with Gasteiger partial charge in [0.1, 0.15) is 0 Å². The summed E-state index contributed by atoms with van der Waals surface area (Å²) in [5, 5.41) is 9.76. The van der Waals surface area contributed by atoms with Crippen LogP contribution in [0.3, 0.4) is 0 Å². The third kappa shape index (κ3) is 3.22. The van der Waals surface area contributed by atoms with Crippen molar-refractivity contribution in [3.05, 3.63) is 11.1 Å². The highest BCUT2D eigenvalue weighted by molar-refractivity contribution is 5.98. The number of allylic oxidation sites excluding steroid dienone is 1. The van der Waals surface area contributed by atoms with Crippen molar-refractivity contribution in [2.24, 2.45) is 5.41 Å². The third-order valence-corrected chi connectivity index (χ3v) is 4.21. The molecule has 0 aliphatic heterocycles. The number of aliphatic carboxylic acids is 1. The van der Waals surface area contributed by atoms with E-state index in [0.717, 1.165) is 37.7 Å². The van der Waals surface area contributed by atoms with Gasteiger partial charge in [0, 0.05) is 0 Å². The fraction of sp³-hybridized carbons (Fsp3) is 0.750. The van der Waals surface area contributed by atoms with E-state index < -0.39 is 17.4 Å². The molecule has 0 spiro atoms. The number of ether oxygens (including phenoxy) is 1. The molecule has 0 bridgehead atoms. The molecular formula is C16H26O4. The Bertz CT molecular complexity index is 389. The zero-order chi connectivity index (χ0) is 15.2. The van der Waals surface area contributed by atoms with Crippen LogP contribution in [-0.2, 0) is 14.3 Å². The normalized spacial score (nSPS) is 17.6. The molecular weight excluding hydrogens is 256 g/mol. The highest BCUT2D eigenvalue weighted by Crippen LogP contribution is 2.43. The Balaban J connectivity index is 3.35. The minimum Gasteiger partial charge on any atom is -0.481 e. The van der Waals surface area contributed by atoms with Crippen LogP contribution in [-0.4, -0.2) is 23.7 Å². The Kier molecular flexibility index (Phi) is 6.24. The van der Waals surface area contributed by atoms with Crippen molar-refractivity contribution in [3.63, 3.8) is 0 Å². The Hall–Kier alpha value is -1.32. The third-order valence-electron chi connectivity index (χ3n) is 4.21. The molecule has 1 atom stereocenters. The lowest BCUT2D eigenvalue weighted by molar-refractivity contribution is -0.152. The Morgan fingerprint density at radius 3 is 2.20 bits per heavy atom. The van der Waals surface area contributed by atoms with Crippen LogP contribution in [0.2, 0.25) is 0 Å². The first-order chi connectivity index (χ1) is 9.53. The van der Waals surface area contributed by atoms with E-state index in [0.29, 0.717) is 18.4 Å². The Morgan fingerprint density at radius 1 is 1.20 bits per heavy atom. The molecule has 1 rings (SSSR count). The average Bonchev–Trinajstić information content (AvgIpc) is 2.91. The second-order valence-electron chi connectivity index (χ2n) is 5.40. The molecule has 114 valence electrons. The highest BCUT2D eigenvalue weighted by atomic mass is 16.5. The van der Waals surface area contributed by atoms with Crippen molar-refractivity contribution < 1.29 is 19.4 Å². The van der Waals surface area contributed by atoms with Crippen molar-refractivity contribution in [1.82, 2.24) is 0 Å². The molecule has 1 saturated carbocycles. The van der Waals surface area contributed by atoms with Crippen LogP contribution in [0.15, 0.2) is 11.1 Å². The zero-order valence-corrected chi connectivity index (χ0v) is 12.8. The molecule has 1 aliphatic rings. The van der Waals surface area contributed by atoms with Gasteiger partial charge in [0.05, 0.1) is 17.6 Å². The first-order valence-corrected chi connectivity index (χ1v) is 7.66. The van der Waals surface area contributed by atoms with Gasteiger partial charge in [-0.05, 0) is 45.4 Å². The molecule has 0 radical (unpaired) electrons. The number of carboxylic acids is 1. The van der Waals surface area contributed by atoms with Crippen molar-refractivity contribution in [3.8, 4) is 0 Å². The van der Waals surface area contributed by atoms with Crippen molar-refractivity contribution in [2.45, 2.75) is 65.7 Å². The van der Waals surface area contributed by atoms with Gasteiger partial charge >= 0.3 is 11.9 Å². The summed E-state index contributed by atoms with van der Waals surface area (Å²) < 4.78 is 5.16. The van der Waals surface area contributed by atoms with Crippen molar-refractivity contribution in [2.75, 3.05) is 6.61 Å². The molecule has 0 aromatic rings. The van der Waals surface area contributed by atoms with Crippen LogP contribution in [0.4, 0.5) is 0 Å². The van der Waals surface area contributed by atoms with E-state index in [1.54, 1.807) is 6.92 Å². The zero-order valence-electron chi connectivity index (χ0n) is 12.8. The number of carbonyl (C=O) groups is 2. The van der Waals surface area contributed by atoms with Crippen molar-refractivity contribution in [1.29, 1.82) is 0 Å². The molecule has 1 fully saturated rings. The topological polar surface area (TPSA) is 63.6 Å². The van der Waals surface area contributed by atoms with E-state index >= 15 is 0 Å². The van der Waals surface area contributed by atoms with E-state index in [1.165, 1.54) is 0 Å². The monoisotopic (exact) mass is 282 g/mol. The van der Waals surface area contributed by atoms with Crippen LogP contribution in [0.25, 0.3) is 0 Å². The van der Waals surface area contributed by atoms with Gasteiger partial charge in [0.2, 0.25) is 0 Å². The molecule has 0 aromatic carbocycles. The summed E-state index contributed by atoms with van der Waals surface area (Å²) in [4.78, 5) is 24.3. The molecule has 0 amide bonds. The molecule has 0 aromatic heterocycles. The number of carbonyl (C=O) groups excluding carboxylic acids is 1. The predicted octanol–water partition coefficient (Wildman–Crippen LogP) is 3.70. The Labute approximate surface area is 121 Å². The van der Waals surface area contributed by atoms with Crippen LogP contribution >= 0.6 is 0 Å². The lowest BCUT2D eigenvalue weighted by Crippen LogP contribution is -2.37. The molecule has 20 heavy (non-hydrogen) atoms. The largest absolute Gasteiger partial charge is 0.481 e. The van der Waals surface area contributed by atoms with E-state index in [9.17, 15) is 14.7 Å². The number of rotatable bonds is 7. The minimum absolute atomic E-state index is 0.279. The van der Waals surface area contributed by atoms with E-state index in [4.69, 9.17) is 4.74 Å². The van der Waals surface area contributed by atoms with Gasteiger partial charge in [-0.2, -0.15) is 0 Å². The van der Waals surface area contributed by atoms with Crippen molar-refractivity contribution >= 4 is 11.9 Å². The number of hydrogen-bond donors (Lipinski definition) is 1. The molecule has 4 heteroatoms. The maximum Gasteiger partial charge on any atom is 0.335 e. The van der Waals surface area contributed by atoms with Gasteiger partial charge in [-0.1, -0.05) is 25.8 Å². The van der Waals surface area contributed by atoms with Crippen LogP contribution in [0.1, 0.15) is 65.7 Å². The van der Waals surface area contributed by atoms with E-state index in [2.05, 4.69) is 0 Å². The standard InChI is InChI=1S/C16H26O4/c1-4-11-16(5-2,15(18)19)13(14(17)20-6-3)12-9-7-8-10-12/h4-11H2,1-3H3,(H,18,19). The quantitative estimate of drug-likeness (QED) is 0.571. The first kappa shape index (κ1) is 16.7. The molecule has 1 aliphatic carbocycles. The minimum atomic E-state index is -1.08. The lowest BCUT2D eigenvalue weighted by Gasteiger charge is -2.31. The molecule has 0 heterocycles. The summed E-state index contributed by atoms with van der Waals surface area (Å²) in [7, 11) is 0. The number of hydrogen-bond acceptors (Lipinski definition) is 3. The molecule has 1 N–H and O–H groups in total. The van der Waals surface area contributed by atoms with Gasteiger partial charge in [-0.25, -0.2) is 4.79 Å². The summed E-state index contributed by atoms with van der Waals surface area (Å²) in [6, 6.07) is 0. The average molecular weight is 282 g/mol. The first-order valence-electron chi connectivity index (χ1n) is 7.66. The molecule has 1 unspecified atom stereocenters. The lowest BCUT2D eigenvalue weighted by atomic mass is 9.72. The highest BCUT2D eigenvalue weighted by Gasteiger charge is 2.45. The second-order valence-corrected chi connectivity index (χ2v) is 5.40. The summed E-state index contributed by atoms with van der Waals surface area (Å²) in [5.74, 6) is -1.33. The smallest absolute Gasteiger partial charge is 0.335 e. The van der Waals surface area contributed by atoms with E-state index in [1.807, 2.05) is 13.8 Å². The summed E-state index contributed by atoms with van der Waals surface area (Å²) in [5.41, 5.74) is 0.357. The van der Waals surface area contributed by atoms with Gasteiger partial charge in [0.15, 0.2) is 0 Å². The predicted molar refractivity (Wildman–Crippen MR) is 77.4 cm³/mol. The SMILES string of the molecule is CCCC(CC)(C(=O)O)C(C(=O)OCC)=C1CCCC1. The van der Waals surface area contributed by atoms with Gasteiger partial charge in [-0.15, -0.1) is 0 Å². The maximum atomic E-state index is 12.4. The van der Waals surface area contributed by atoms with Crippen LogP contribution < -0.4 is 0 Å². The fourth-order valence-electron chi connectivity index (χ4n) is 3.20. The Morgan fingerprint density at radius 2 is 1.80 bits per heavy atom. The van der Waals surface area contributed by atoms with Gasteiger partial charge in [0.25, 0.3) is 0 Å². The number of esters is 1. The summed E-state index contributed by atoms with van der Waals surface area (Å²) >= 11 is 0. The summed E-state index contributed by atoms with van der Waals surface area (Å²) in [6.45, 7) is 5.83. The number of carboxylic acid groups (broad SMARTS) is 1. The summed E-state index contributed by atoms with van der Waals surface area (Å²) in [6.07, 6.45) is 5.36. The maximum absolute atomic E-state index is 12.4. The van der Waals surface area contributed by atoms with E-state index in [-0.39, 0.29) is 6.61 Å². The van der Waals surface area contributed by atoms with Crippen LogP contribution in [0, 0.1) is 5.41 Å². The van der Waals surface area contributed by atoms with Crippen LogP contribution in [0.5, 0.6) is 0 Å². The van der Waals surface area contributed by atoms with Gasteiger partial charge in [-0.3, -0.25) is 4.79 Å². The van der Waals surface area contributed by atoms with Gasteiger partial charge < -0.3 is 9.84 Å².